The molecule has 0 saturated heterocycles. The third-order valence-corrected chi connectivity index (χ3v) is 3.15. The first kappa shape index (κ1) is 14.1. The van der Waals surface area contributed by atoms with Gasteiger partial charge in [0.25, 0.3) is 0 Å². The fraction of sp³-hybridized carbons (Fsp3) is 0.273. The van der Waals surface area contributed by atoms with Gasteiger partial charge in [0.15, 0.2) is 16.7 Å². The molecule has 0 radical (unpaired) electrons. The maximum atomic E-state index is 12.3. The normalized spacial score (nSPS) is 11.1. The van der Waals surface area contributed by atoms with Gasteiger partial charge in [-0.2, -0.15) is 8.78 Å². The molecule has 2 aromatic rings. The van der Waals surface area contributed by atoms with E-state index in [1.54, 1.807) is 6.26 Å². The molecule has 8 heteroatoms. The Labute approximate surface area is 117 Å². The summed E-state index contributed by atoms with van der Waals surface area (Å²) in [5.74, 6) is 0.0574. The number of aromatic nitrogens is 2. The summed E-state index contributed by atoms with van der Waals surface area (Å²) in [6.45, 7) is -2.94. The van der Waals surface area contributed by atoms with Gasteiger partial charge >= 0.3 is 6.61 Å². The topological polar surface area (TPSA) is 44.2 Å². The molecule has 0 aliphatic rings. The summed E-state index contributed by atoms with van der Waals surface area (Å²) in [4.78, 5) is 8.24. The molecule has 0 unspecified atom stereocenters. The summed E-state index contributed by atoms with van der Waals surface area (Å²) < 4.78 is 34.0. The Balaban J connectivity index is 2.63. The second-order valence-electron chi connectivity index (χ2n) is 3.40. The minimum Gasteiger partial charge on any atom is -0.493 e. The van der Waals surface area contributed by atoms with Crippen LogP contribution in [-0.2, 0) is 0 Å². The molecule has 0 aliphatic carbocycles. The van der Waals surface area contributed by atoms with E-state index in [-0.39, 0.29) is 16.7 Å². The van der Waals surface area contributed by atoms with Gasteiger partial charge in [0, 0.05) is 11.5 Å². The standard InChI is InChI=1S/C11H9ClF2N2O2S/c1-17-7-3-5-6(4-8(7)18-10(13)14)15-11(19-2)16-9(5)12/h3-4,10H,1-2H3. The van der Waals surface area contributed by atoms with Crippen molar-refractivity contribution in [1.29, 1.82) is 0 Å². The number of hydrogen-bond donors (Lipinski definition) is 0. The van der Waals surface area contributed by atoms with Crippen LogP contribution in [0.3, 0.4) is 0 Å². The number of methoxy groups -OCH3 is 1. The number of ether oxygens (including phenoxy) is 2. The van der Waals surface area contributed by atoms with Crippen LogP contribution in [-0.4, -0.2) is 29.9 Å². The van der Waals surface area contributed by atoms with Crippen LogP contribution in [0.1, 0.15) is 0 Å². The molecule has 0 atom stereocenters. The molecule has 4 nitrogen and oxygen atoms in total. The molecule has 0 spiro atoms. The van der Waals surface area contributed by atoms with Gasteiger partial charge in [-0.3, -0.25) is 0 Å². The summed E-state index contributed by atoms with van der Waals surface area (Å²) in [5.41, 5.74) is 0.417. The lowest BCUT2D eigenvalue weighted by atomic mass is 10.2. The third-order valence-electron chi connectivity index (χ3n) is 2.31. The molecule has 2 rings (SSSR count). The van der Waals surface area contributed by atoms with Crippen LogP contribution >= 0.6 is 23.4 Å². The Morgan fingerprint density at radius 2 is 2.00 bits per heavy atom. The van der Waals surface area contributed by atoms with Crippen molar-refractivity contribution in [2.24, 2.45) is 0 Å². The molecule has 0 amide bonds. The van der Waals surface area contributed by atoms with Crippen molar-refractivity contribution in [2.45, 2.75) is 11.8 Å². The molecule has 1 aromatic carbocycles. The number of hydrogen-bond acceptors (Lipinski definition) is 5. The predicted octanol–water partition coefficient (Wildman–Crippen LogP) is 3.62. The van der Waals surface area contributed by atoms with Crippen molar-refractivity contribution in [3.8, 4) is 11.5 Å². The molecule has 1 heterocycles. The molecule has 0 fully saturated rings. The van der Waals surface area contributed by atoms with Crippen LogP contribution in [0.25, 0.3) is 10.9 Å². The maximum Gasteiger partial charge on any atom is 0.387 e. The van der Waals surface area contributed by atoms with E-state index in [1.165, 1.54) is 31.0 Å². The second-order valence-corrected chi connectivity index (χ2v) is 4.53. The summed E-state index contributed by atoms with van der Waals surface area (Å²) in [5, 5.41) is 1.19. The Bertz CT molecular complexity index is 613. The van der Waals surface area contributed by atoms with Crippen LogP contribution in [0.4, 0.5) is 8.78 Å². The Hall–Kier alpha value is -1.34. The average molecular weight is 307 g/mol. The van der Waals surface area contributed by atoms with E-state index in [2.05, 4.69) is 14.7 Å². The number of alkyl halides is 2. The smallest absolute Gasteiger partial charge is 0.387 e. The third kappa shape index (κ3) is 2.98. The van der Waals surface area contributed by atoms with Gasteiger partial charge in [-0.1, -0.05) is 23.4 Å². The highest BCUT2D eigenvalue weighted by Crippen LogP contribution is 2.35. The highest BCUT2D eigenvalue weighted by Gasteiger charge is 2.15. The van der Waals surface area contributed by atoms with Crippen LogP contribution in [0.2, 0.25) is 5.15 Å². The van der Waals surface area contributed by atoms with E-state index in [0.717, 1.165) is 0 Å². The Kier molecular flexibility index (Phi) is 4.26. The predicted molar refractivity (Wildman–Crippen MR) is 69.5 cm³/mol. The molecule has 0 bridgehead atoms. The van der Waals surface area contributed by atoms with Crippen molar-refractivity contribution in [2.75, 3.05) is 13.4 Å². The molecule has 1 aromatic heterocycles. The average Bonchev–Trinajstić information content (AvgIpc) is 2.37. The number of fused-ring (bicyclic) bond motifs is 1. The van der Waals surface area contributed by atoms with Crippen molar-refractivity contribution in [3.05, 3.63) is 17.3 Å². The first-order chi connectivity index (χ1) is 9.05. The van der Waals surface area contributed by atoms with Gasteiger partial charge in [-0.25, -0.2) is 9.97 Å². The van der Waals surface area contributed by atoms with Crippen molar-refractivity contribution in [3.63, 3.8) is 0 Å². The molecule has 102 valence electrons. The number of rotatable bonds is 4. The summed E-state index contributed by atoms with van der Waals surface area (Å²) >= 11 is 7.32. The summed E-state index contributed by atoms with van der Waals surface area (Å²) in [7, 11) is 1.35. The van der Waals surface area contributed by atoms with Gasteiger partial charge in [0.05, 0.1) is 12.6 Å². The quantitative estimate of drug-likeness (QED) is 0.490. The zero-order chi connectivity index (χ0) is 14.0. The van der Waals surface area contributed by atoms with Crippen molar-refractivity contribution >= 4 is 34.3 Å². The lowest BCUT2D eigenvalue weighted by Crippen LogP contribution is -2.04. The minimum atomic E-state index is -2.94. The van der Waals surface area contributed by atoms with Gasteiger partial charge in [-0.05, 0) is 12.3 Å². The largest absolute Gasteiger partial charge is 0.493 e. The van der Waals surface area contributed by atoms with Gasteiger partial charge in [0.1, 0.15) is 5.15 Å². The fourth-order valence-corrected chi connectivity index (χ4v) is 2.17. The van der Waals surface area contributed by atoms with E-state index < -0.39 is 6.61 Å². The molecular weight excluding hydrogens is 298 g/mol. The first-order valence-electron chi connectivity index (χ1n) is 5.09. The van der Waals surface area contributed by atoms with Crippen LogP contribution in [0, 0.1) is 0 Å². The monoisotopic (exact) mass is 306 g/mol. The minimum absolute atomic E-state index is 0.0909. The molecule has 0 N–H and O–H groups in total. The number of benzene rings is 1. The molecule has 0 aliphatic heterocycles. The summed E-state index contributed by atoms with van der Waals surface area (Å²) in [6, 6.07) is 2.83. The lowest BCUT2D eigenvalue weighted by molar-refractivity contribution is -0.0511. The van der Waals surface area contributed by atoms with E-state index in [1.807, 2.05) is 0 Å². The van der Waals surface area contributed by atoms with Crippen molar-refractivity contribution < 1.29 is 18.3 Å². The van der Waals surface area contributed by atoms with Gasteiger partial charge in [-0.15, -0.1) is 0 Å². The fourth-order valence-electron chi connectivity index (χ4n) is 1.52. The maximum absolute atomic E-state index is 12.3. The zero-order valence-electron chi connectivity index (χ0n) is 9.99. The highest BCUT2D eigenvalue weighted by atomic mass is 35.5. The molecule has 0 saturated carbocycles. The highest BCUT2D eigenvalue weighted by molar-refractivity contribution is 7.98. The first-order valence-corrected chi connectivity index (χ1v) is 6.69. The second kappa shape index (κ2) is 5.75. The van der Waals surface area contributed by atoms with Crippen LogP contribution < -0.4 is 9.47 Å². The van der Waals surface area contributed by atoms with Crippen LogP contribution in [0.15, 0.2) is 17.3 Å². The Morgan fingerprint density at radius 1 is 1.26 bits per heavy atom. The van der Waals surface area contributed by atoms with Crippen LogP contribution in [0.5, 0.6) is 11.5 Å². The van der Waals surface area contributed by atoms with E-state index in [0.29, 0.717) is 16.1 Å². The van der Waals surface area contributed by atoms with Gasteiger partial charge in [0.2, 0.25) is 0 Å². The lowest BCUT2D eigenvalue weighted by Gasteiger charge is -2.11. The number of halogens is 3. The summed E-state index contributed by atoms with van der Waals surface area (Å²) in [6.07, 6.45) is 1.79. The van der Waals surface area contributed by atoms with Gasteiger partial charge < -0.3 is 9.47 Å². The number of thioether (sulfide) groups is 1. The SMILES string of the molecule is COc1cc2c(Cl)nc(SC)nc2cc1OC(F)F. The van der Waals surface area contributed by atoms with E-state index in [9.17, 15) is 8.78 Å². The molecule has 19 heavy (non-hydrogen) atoms. The zero-order valence-corrected chi connectivity index (χ0v) is 11.6. The number of nitrogens with zero attached hydrogens (tertiary/aromatic N) is 2. The van der Waals surface area contributed by atoms with Crippen molar-refractivity contribution in [1.82, 2.24) is 9.97 Å². The van der Waals surface area contributed by atoms with E-state index >= 15 is 0 Å². The Morgan fingerprint density at radius 3 is 2.58 bits per heavy atom. The molecular formula is C11H9ClF2N2O2S. The van der Waals surface area contributed by atoms with E-state index in [4.69, 9.17) is 16.3 Å².